The molecule has 0 saturated carbocycles. The van der Waals surface area contributed by atoms with Crippen LogP contribution in [0.3, 0.4) is 0 Å². The lowest BCUT2D eigenvalue weighted by Crippen LogP contribution is -2.25. The van der Waals surface area contributed by atoms with Crippen LogP contribution in [0.15, 0.2) is 83.2 Å². The van der Waals surface area contributed by atoms with Gasteiger partial charge in [0.05, 0.1) is 29.6 Å². The van der Waals surface area contributed by atoms with Gasteiger partial charge in [-0.05, 0) is 66.0 Å². The number of aliphatic hydroxyl groups is 1. The number of aromatic nitrogens is 4. The molecule has 0 saturated heterocycles. The molecule has 5 aromatic rings. The molecule has 0 aliphatic heterocycles. The first-order valence-electron chi connectivity index (χ1n) is 15.6. The van der Waals surface area contributed by atoms with Crippen LogP contribution in [-0.4, -0.2) is 49.2 Å². The molecule has 48 heavy (non-hydrogen) atoms. The maximum absolute atomic E-state index is 15.4. The normalized spacial score (nSPS) is 11.8. The number of aryl methyl sites for hydroxylation is 1. The highest BCUT2D eigenvalue weighted by Gasteiger charge is 2.21. The van der Waals surface area contributed by atoms with E-state index in [1.165, 1.54) is 22.9 Å². The van der Waals surface area contributed by atoms with E-state index in [1.807, 2.05) is 58.0 Å². The topological polar surface area (TPSA) is 110 Å². The van der Waals surface area contributed by atoms with Crippen LogP contribution in [0.2, 0.25) is 0 Å². The molecule has 0 aliphatic rings. The van der Waals surface area contributed by atoms with Gasteiger partial charge >= 0.3 is 0 Å². The van der Waals surface area contributed by atoms with E-state index in [-0.39, 0.29) is 46.4 Å². The van der Waals surface area contributed by atoms with Crippen LogP contribution in [-0.2, 0) is 43.3 Å². The van der Waals surface area contributed by atoms with E-state index < -0.39 is 18.0 Å². The fourth-order valence-corrected chi connectivity index (χ4v) is 5.83. The summed E-state index contributed by atoms with van der Waals surface area (Å²) in [6.45, 7) is 9.66. The van der Waals surface area contributed by atoms with Crippen LogP contribution >= 0.6 is 0 Å². The van der Waals surface area contributed by atoms with Gasteiger partial charge in [0.25, 0.3) is 11.1 Å². The predicted molar refractivity (Wildman–Crippen MR) is 186 cm³/mol. The van der Waals surface area contributed by atoms with Crippen molar-refractivity contribution >= 4 is 16.6 Å². The zero-order valence-electron chi connectivity index (χ0n) is 28.2. The third kappa shape index (κ3) is 6.95. The molecular weight excluding hydrogens is 609 g/mol. The van der Waals surface area contributed by atoms with Crippen molar-refractivity contribution in [2.45, 2.75) is 52.2 Å². The Morgan fingerprint density at radius 2 is 1.81 bits per heavy atom. The highest BCUT2D eigenvalue weighted by atomic mass is 19.1. The summed E-state index contributed by atoms with van der Waals surface area (Å²) in [5.41, 5.74) is 3.91. The molecular formula is C38H40FN5O4. The molecule has 0 atom stereocenters. The zero-order valence-corrected chi connectivity index (χ0v) is 28.2. The van der Waals surface area contributed by atoms with Crippen molar-refractivity contribution in [3.8, 4) is 16.9 Å². The first kappa shape index (κ1) is 34.3. The second-order valence-electron chi connectivity index (χ2n) is 13.3. The van der Waals surface area contributed by atoms with Gasteiger partial charge in [-0.3, -0.25) is 14.4 Å². The van der Waals surface area contributed by atoms with Crippen LogP contribution in [0.5, 0.6) is 0 Å². The van der Waals surface area contributed by atoms with Crippen LogP contribution in [0.4, 0.5) is 4.39 Å². The number of ketones is 1. The maximum Gasteiger partial charge on any atom is 0.282 e. The Balaban J connectivity index is 1.59. The van der Waals surface area contributed by atoms with E-state index in [2.05, 4.69) is 11.7 Å². The van der Waals surface area contributed by atoms with E-state index in [4.69, 9.17) is 4.98 Å². The minimum absolute atomic E-state index is 0.0967. The lowest BCUT2D eigenvalue weighted by molar-refractivity contribution is -0.114. The van der Waals surface area contributed by atoms with E-state index in [0.29, 0.717) is 28.8 Å². The molecule has 0 aliphatic carbocycles. The van der Waals surface area contributed by atoms with Gasteiger partial charge in [0, 0.05) is 49.1 Å². The monoisotopic (exact) mass is 649 g/mol. The van der Waals surface area contributed by atoms with Crippen LogP contribution in [0.1, 0.15) is 54.3 Å². The Bertz CT molecular complexity index is 2180. The van der Waals surface area contributed by atoms with Crippen LogP contribution in [0.25, 0.3) is 27.7 Å². The average Bonchev–Trinajstić information content (AvgIpc) is 3.03. The number of nitrogens with zero attached hydrogens (tertiary/aromatic N) is 5. The summed E-state index contributed by atoms with van der Waals surface area (Å²) in [5, 5.41) is 15.3. The predicted octanol–water partition coefficient (Wildman–Crippen LogP) is 5.03. The molecule has 248 valence electrons. The highest BCUT2D eigenvalue weighted by Crippen LogP contribution is 2.29. The van der Waals surface area contributed by atoms with Crippen molar-refractivity contribution in [1.29, 1.82) is 0 Å². The SMILES string of the molecule is C=CC(=O)Cc1cc(Cc2nc(-c3cccc(-n4ncc5cc(C(C)(C)C)cc(F)c5c4=O)c3CO)cn(C)c2=O)ccc1CN(C)C. The number of hydrogen-bond donors (Lipinski definition) is 1. The van der Waals surface area contributed by atoms with Crippen molar-refractivity contribution in [3.05, 3.63) is 134 Å². The summed E-state index contributed by atoms with van der Waals surface area (Å²) < 4.78 is 17.9. The maximum atomic E-state index is 15.4. The van der Waals surface area contributed by atoms with Crippen molar-refractivity contribution in [2.24, 2.45) is 7.05 Å². The molecule has 0 amide bonds. The van der Waals surface area contributed by atoms with E-state index in [9.17, 15) is 19.5 Å². The van der Waals surface area contributed by atoms with E-state index in [0.717, 1.165) is 26.9 Å². The number of halogens is 1. The highest BCUT2D eigenvalue weighted by molar-refractivity contribution is 5.91. The summed E-state index contributed by atoms with van der Waals surface area (Å²) in [5.74, 6) is -0.742. The second kappa shape index (κ2) is 13.6. The van der Waals surface area contributed by atoms with Gasteiger partial charge in [0.15, 0.2) is 5.78 Å². The van der Waals surface area contributed by atoms with Crippen molar-refractivity contribution in [1.82, 2.24) is 24.2 Å². The summed E-state index contributed by atoms with van der Waals surface area (Å²) in [6.07, 6.45) is 4.73. The van der Waals surface area contributed by atoms with Crippen LogP contribution in [0, 0.1) is 5.82 Å². The quantitative estimate of drug-likeness (QED) is 0.212. The van der Waals surface area contributed by atoms with Gasteiger partial charge < -0.3 is 14.6 Å². The van der Waals surface area contributed by atoms with Crippen LogP contribution < -0.4 is 11.1 Å². The fraction of sp³-hybridized carbons (Fsp3) is 0.289. The molecule has 0 radical (unpaired) electrons. The molecule has 2 aromatic heterocycles. The Kier molecular flexibility index (Phi) is 9.70. The van der Waals surface area contributed by atoms with Gasteiger partial charge in [0.2, 0.25) is 0 Å². The molecule has 0 bridgehead atoms. The third-order valence-electron chi connectivity index (χ3n) is 8.38. The first-order chi connectivity index (χ1) is 22.7. The van der Waals surface area contributed by atoms with Gasteiger partial charge in [-0.25, -0.2) is 9.37 Å². The Morgan fingerprint density at radius 1 is 1.06 bits per heavy atom. The molecule has 0 fully saturated rings. The van der Waals surface area contributed by atoms with Crippen molar-refractivity contribution in [3.63, 3.8) is 0 Å². The molecule has 2 heterocycles. The lowest BCUT2D eigenvalue weighted by atomic mass is 9.86. The Labute approximate surface area is 278 Å². The van der Waals surface area contributed by atoms with Crippen molar-refractivity contribution < 1.29 is 14.3 Å². The smallest absolute Gasteiger partial charge is 0.282 e. The molecule has 0 spiro atoms. The van der Waals surface area contributed by atoms with Gasteiger partial charge in [-0.15, -0.1) is 0 Å². The molecule has 3 aromatic carbocycles. The number of carbonyl (C=O) groups excluding carboxylic acids is 1. The number of hydrogen-bond acceptors (Lipinski definition) is 7. The molecule has 5 rings (SSSR count). The number of allylic oxidation sites excluding steroid dienone is 1. The standard InChI is InChI=1S/C38H40FN5O4/c1-8-28(46)17-25-14-23(12-13-24(25)20-42(5)6)15-32-36(47)43(7)21-33(41-32)29-10-9-11-34(30(29)22-45)44-37(48)35-26(19-40-44)16-27(18-31(35)39)38(2,3)4/h8-14,16,18-19,21,45H,1,15,17,20,22H2,2-7H3. The summed E-state index contributed by atoms with van der Waals surface area (Å²) in [4.78, 5) is 46.0. The lowest BCUT2D eigenvalue weighted by Gasteiger charge is -2.20. The number of carbonyl (C=O) groups is 1. The minimum atomic E-state index is -0.658. The number of aliphatic hydroxyl groups excluding tert-OH is 1. The average molecular weight is 650 g/mol. The second-order valence-corrected chi connectivity index (χ2v) is 13.3. The van der Waals surface area contributed by atoms with Gasteiger partial charge in [-0.1, -0.05) is 57.7 Å². The summed E-state index contributed by atoms with van der Waals surface area (Å²) in [7, 11) is 5.53. The summed E-state index contributed by atoms with van der Waals surface area (Å²) >= 11 is 0. The molecule has 9 nitrogen and oxygen atoms in total. The third-order valence-corrected chi connectivity index (χ3v) is 8.38. The van der Waals surface area contributed by atoms with E-state index in [1.54, 1.807) is 37.5 Å². The van der Waals surface area contributed by atoms with Gasteiger partial charge in [0.1, 0.15) is 11.5 Å². The number of fused-ring (bicyclic) bond motifs is 1. The molecule has 10 heteroatoms. The summed E-state index contributed by atoms with van der Waals surface area (Å²) in [6, 6.07) is 14.0. The Morgan fingerprint density at radius 3 is 2.48 bits per heavy atom. The number of benzene rings is 3. The first-order valence-corrected chi connectivity index (χ1v) is 15.6. The van der Waals surface area contributed by atoms with Crippen molar-refractivity contribution in [2.75, 3.05) is 14.1 Å². The Hall–Kier alpha value is -5.06. The molecule has 1 N–H and O–H groups in total. The van der Waals surface area contributed by atoms with Gasteiger partial charge in [-0.2, -0.15) is 9.78 Å². The minimum Gasteiger partial charge on any atom is -0.392 e. The largest absolute Gasteiger partial charge is 0.392 e. The molecule has 0 unspecified atom stereocenters. The number of rotatable bonds is 10. The zero-order chi connectivity index (χ0) is 34.9. The fourth-order valence-electron chi connectivity index (χ4n) is 5.83. The van der Waals surface area contributed by atoms with E-state index >= 15 is 4.39 Å².